The van der Waals surface area contributed by atoms with E-state index in [9.17, 15) is 0 Å². The van der Waals surface area contributed by atoms with Crippen molar-refractivity contribution >= 4 is 11.4 Å². The summed E-state index contributed by atoms with van der Waals surface area (Å²) in [6, 6.07) is 19.2. The minimum absolute atomic E-state index is 0.722. The molecule has 0 aliphatic carbocycles. The second-order valence-corrected chi connectivity index (χ2v) is 6.91. The summed E-state index contributed by atoms with van der Waals surface area (Å²) in [5.74, 6) is 3.31. The Balaban J connectivity index is 1.96. The summed E-state index contributed by atoms with van der Waals surface area (Å²) in [7, 11) is 0. The number of rotatable bonds is 8. The van der Waals surface area contributed by atoms with Gasteiger partial charge in [-0.1, -0.05) is 26.7 Å². The maximum absolute atomic E-state index is 6.20. The molecule has 0 fully saturated rings. The molecule has 146 valence electrons. The van der Waals surface area contributed by atoms with Gasteiger partial charge in [0.1, 0.15) is 23.0 Å². The quantitative estimate of drug-likeness (QED) is 0.450. The lowest BCUT2D eigenvalue weighted by Gasteiger charge is -2.17. The average Bonchev–Trinajstić information content (AvgIpc) is 2.69. The second kappa shape index (κ2) is 9.18. The van der Waals surface area contributed by atoms with E-state index in [2.05, 4.69) is 26.0 Å². The van der Waals surface area contributed by atoms with Gasteiger partial charge < -0.3 is 20.9 Å². The summed E-state index contributed by atoms with van der Waals surface area (Å²) in [6.07, 6.45) is 3.86. The number of hydrogen-bond acceptors (Lipinski definition) is 4. The first-order valence-electron chi connectivity index (χ1n) is 9.81. The topological polar surface area (TPSA) is 70.5 Å². The Morgan fingerprint density at radius 2 is 0.964 bits per heavy atom. The lowest BCUT2D eigenvalue weighted by Crippen LogP contribution is -1.99. The van der Waals surface area contributed by atoms with E-state index in [0.717, 1.165) is 71.2 Å². The molecule has 3 rings (SSSR count). The normalized spacial score (nSPS) is 10.6. The molecule has 3 aromatic carbocycles. The molecule has 0 amide bonds. The van der Waals surface area contributed by atoms with Crippen molar-refractivity contribution in [3.8, 4) is 23.0 Å². The standard InChI is InChI=1S/C24H28N2O2/c1-3-5-17-15-24(28-22-13-9-20(26)10-14-22)18(6-4-2)16-23(17)27-21-11-7-19(25)8-12-21/h7-16H,3-6,25-26H2,1-2H3. The van der Waals surface area contributed by atoms with Crippen LogP contribution in [0.3, 0.4) is 0 Å². The van der Waals surface area contributed by atoms with Crippen LogP contribution in [-0.2, 0) is 12.8 Å². The molecule has 3 aromatic rings. The third kappa shape index (κ3) is 4.97. The number of nitrogens with two attached hydrogens (primary N) is 2. The first-order valence-corrected chi connectivity index (χ1v) is 9.81. The molecule has 0 spiro atoms. The van der Waals surface area contributed by atoms with E-state index in [0.29, 0.717) is 0 Å². The van der Waals surface area contributed by atoms with Crippen molar-refractivity contribution in [2.75, 3.05) is 11.5 Å². The zero-order valence-corrected chi connectivity index (χ0v) is 16.6. The minimum Gasteiger partial charge on any atom is -0.457 e. The highest BCUT2D eigenvalue weighted by Crippen LogP contribution is 2.36. The summed E-state index contributed by atoms with van der Waals surface area (Å²) in [5.41, 5.74) is 15.3. The summed E-state index contributed by atoms with van der Waals surface area (Å²) in [5, 5.41) is 0. The van der Waals surface area contributed by atoms with Gasteiger partial charge in [-0.05, 0) is 84.6 Å². The Kier molecular flexibility index (Phi) is 6.43. The van der Waals surface area contributed by atoms with Gasteiger partial charge >= 0.3 is 0 Å². The van der Waals surface area contributed by atoms with Crippen LogP contribution in [0.2, 0.25) is 0 Å². The Labute approximate surface area is 167 Å². The predicted octanol–water partition coefficient (Wildman–Crippen LogP) is 6.34. The molecular weight excluding hydrogens is 348 g/mol. The van der Waals surface area contributed by atoms with Crippen molar-refractivity contribution in [3.05, 3.63) is 71.8 Å². The van der Waals surface area contributed by atoms with Crippen LogP contribution < -0.4 is 20.9 Å². The molecule has 0 saturated heterocycles. The molecule has 0 unspecified atom stereocenters. The van der Waals surface area contributed by atoms with Gasteiger partial charge in [0.15, 0.2) is 0 Å². The summed E-state index contributed by atoms with van der Waals surface area (Å²) < 4.78 is 12.4. The Hall–Kier alpha value is -3.14. The largest absolute Gasteiger partial charge is 0.457 e. The van der Waals surface area contributed by atoms with Crippen LogP contribution in [0, 0.1) is 0 Å². The average molecular weight is 377 g/mol. The Morgan fingerprint density at radius 3 is 1.29 bits per heavy atom. The highest BCUT2D eigenvalue weighted by atomic mass is 16.5. The van der Waals surface area contributed by atoms with Gasteiger partial charge in [-0.15, -0.1) is 0 Å². The molecular formula is C24H28N2O2. The predicted molar refractivity (Wildman–Crippen MR) is 116 cm³/mol. The smallest absolute Gasteiger partial charge is 0.131 e. The van der Waals surface area contributed by atoms with Crippen LogP contribution in [0.4, 0.5) is 11.4 Å². The number of anilines is 2. The van der Waals surface area contributed by atoms with Crippen LogP contribution in [-0.4, -0.2) is 0 Å². The van der Waals surface area contributed by atoms with Crippen LogP contribution >= 0.6 is 0 Å². The molecule has 0 aliphatic heterocycles. The summed E-state index contributed by atoms with van der Waals surface area (Å²) >= 11 is 0. The molecule has 4 N–H and O–H groups in total. The van der Waals surface area contributed by atoms with Crippen molar-refractivity contribution in [1.29, 1.82) is 0 Å². The maximum Gasteiger partial charge on any atom is 0.131 e. The van der Waals surface area contributed by atoms with E-state index in [1.807, 2.05) is 48.5 Å². The Bertz CT molecular complexity index is 826. The van der Waals surface area contributed by atoms with E-state index >= 15 is 0 Å². The number of benzene rings is 3. The molecule has 0 aromatic heterocycles. The monoisotopic (exact) mass is 376 g/mol. The van der Waals surface area contributed by atoms with Crippen molar-refractivity contribution in [2.24, 2.45) is 0 Å². The van der Waals surface area contributed by atoms with Gasteiger partial charge in [-0.25, -0.2) is 0 Å². The van der Waals surface area contributed by atoms with Gasteiger partial charge in [-0.2, -0.15) is 0 Å². The Morgan fingerprint density at radius 1 is 0.607 bits per heavy atom. The van der Waals surface area contributed by atoms with Gasteiger partial charge in [0, 0.05) is 11.4 Å². The van der Waals surface area contributed by atoms with Gasteiger partial charge in [0.2, 0.25) is 0 Å². The third-order valence-corrected chi connectivity index (χ3v) is 4.50. The zero-order valence-electron chi connectivity index (χ0n) is 16.6. The molecule has 0 heterocycles. The zero-order chi connectivity index (χ0) is 19.9. The van der Waals surface area contributed by atoms with E-state index < -0.39 is 0 Å². The fraction of sp³-hybridized carbons (Fsp3) is 0.250. The first kappa shape index (κ1) is 19.6. The molecule has 4 heteroatoms. The van der Waals surface area contributed by atoms with Crippen LogP contribution in [0.25, 0.3) is 0 Å². The highest BCUT2D eigenvalue weighted by molar-refractivity contribution is 5.51. The lowest BCUT2D eigenvalue weighted by molar-refractivity contribution is 0.458. The molecule has 0 aliphatic rings. The SMILES string of the molecule is CCCc1cc(Oc2ccc(N)cc2)c(CCC)cc1Oc1ccc(N)cc1. The number of hydrogen-bond donors (Lipinski definition) is 2. The number of ether oxygens (including phenoxy) is 2. The van der Waals surface area contributed by atoms with E-state index in [4.69, 9.17) is 20.9 Å². The fourth-order valence-corrected chi connectivity index (χ4v) is 3.09. The summed E-state index contributed by atoms with van der Waals surface area (Å²) in [4.78, 5) is 0. The molecule has 0 bridgehead atoms. The molecule has 0 atom stereocenters. The fourth-order valence-electron chi connectivity index (χ4n) is 3.09. The van der Waals surface area contributed by atoms with Crippen molar-refractivity contribution in [1.82, 2.24) is 0 Å². The summed E-state index contributed by atoms with van der Waals surface area (Å²) in [6.45, 7) is 4.32. The molecule has 28 heavy (non-hydrogen) atoms. The van der Waals surface area contributed by atoms with Crippen molar-refractivity contribution < 1.29 is 9.47 Å². The van der Waals surface area contributed by atoms with E-state index in [1.165, 1.54) is 0 Å². The minimum atomic E-state index is 0.722. The lowest BCUT2D eigenvalue weighted by atomic mass is 10.0. The third-order valence-electron chi connectivity index (χ3n) is 4.50. The van der Waals surface area contributed by atoms with Gasteiger partial charge in [-0.3, -0.25) is 0 Å². The van der Waals surface area contributed by atoms with Crippen LogP contribution in [0.5, 0.6) is 23.0 Å². The molecule has 0 radical (unpaired) electrons. The first-order chi connectivity index (χ1) is 13.6. The number of nitrogen functional groups attached to an aromatic ring is 2. The number of aryl methyl sites for hydroxylation is 2. The van der Waals surface area contributed by atoms with E-state index in [-0.39, 0.29) is 0 Å². The second-order valence-electron chi connectivity index (χ2n) is 6.91. The van der Waals surface area contributed by atoms with E-state index in [1.54, 1.807) is 0 Å². The maximum atomic E-state index is 6.20. The molecule has 4 nitrogen and oxygen atoms in total. The van der Waals surface area contributed by atoms with Gasteiger partial charge in [0.05, 0.1) is 0 Å². The van der Waals surface area contributed by atoms with Crippen LogP contribution in [0.1, 0.15) is 37.8 Å². The van der Waals surface area contributed by atoms with Gasteiger partial charge in [0.25, 0.3) is 0 Å². The molecule has 0 saturated carbocycles. The van der Waals surface area contributed by atoms with Crippen LogP contribution in [0.15, 0.2) is 60.7 Å². The van der Waals surface area contributed by atoms with Crippen molar-refractivity contribution in [2.45, 2.75) is 39.5 Å². The highest BCUT2D eigenvalue weighted by Gasteiger charge is 2.13. The van der Waals surface area contributed by atoms with Crippen molar-refractivity contribution in [3.63, 3.8) is 0 Å².